The summed E-state index contributed by atoms with van der Waals surface area (Å²) in [5, 5.41) is 23.7. The van der Waals surface area contributed by atoms with E-state index in [1.165, 1.54) is 19.3 Å². The number of aryl methyl sites for hydroxylation is 1. The Labute approximate surface area is 115 Å². The first-order valence-electron chi connectivity index (χ1n) is 7.50. The highest BCUT2D eigenvalue weighted by molar-refractivity contribution is 5.48. The van der Waals surface area contributed by atoms with Crippen molar-refractivity contribution in [1.82, 2.24) is 5.32 Å². The van der Waals surface area contributed by atoms with Gasteiger partial charge in [0.15, 0.2) is 0 Å². The fourth-order valence-electron chi connectivity index (χ4n) is 2.86. The smallest absolute Gasteiger partial charge is 0.124 e. The number of hydrogen-bond acceptors (Lipinski definition) is 3. The molecule has 3 heteroatoms. The van der Waals surface area contributed by atoms with E-state index in [1.807, 2.05) is 12.1 Å². The van der Waals surface area contributed by atoms with Crippen molar-refractivity contribution in [2.45, 2.75) is 57.9 Å². The Hall–Kier alpha value is -1.22. The van der Waals surface area contributed by atoms with E-state index in [-0.39, 0.29) is 17.5 Å². The molecule has 1 aliphatic rings. The quantitative estimate of drug-likeness (QED) is 0.711. The van der Waals surface area contributed by atoms with E-state index < -0.39 is 0 Å². The average molecular weight is 263 g/mol. The van der Waals surface area contributed by atoms with Gasteiger partial charge in [0, 0.05) is 6.04 Å². The van der Waals surface area contributed by atoms with Crippen molar-refractivity contribution in [2.24, 2.45) is 0 Å². The second-order valence-electron chi connectivity index (χ2n) is 5.51. The summed E-state index contributed by atoms with van der Waals surface area (Å²) in [6, 6.07) is 3.74. The van der Waals surface area contributed by atoms with Gasteiger partial charge in [0.1, 0.15) is 11.5 Å². The molecule has 1 aromatic rings. The van der Waals surface area contributed by atoms with E-state index >= 15 is 0 Å². The Kier molecular flexibility index (Phi) is 5.08. The number of piperidine rings is 1. The number of aromatic hydroxyl groups is 2. The topological polar surface area (TPSA) is 52.5 Å². The summed E-state index contributed by atoms with van der Waals surface area (Å²) >= 11 is 0. The molecule has 0 aromatic heterocycles. The van der Waals surface area contributed by atoms with Crippen LogP contribution in [-0.4, -0.2) is 16.8 Å². The molecule has 1 saturated heterocycles. The van der Waals surface area contributed by atoms with Crippen LogP contribution in [0.2, 0.25) is 0 Å². The monoisotopic (exact) mass is 263 g/mol. The standard InChI is InChI=1S/C16H25NO2/c1-2-3-4-7-12-10-14(18)16(15(19)11-12)13-8-5-6-9-17-13/h10-11,13,17-19H,2-9H2,1H3. The number of unbranched alkanes of at least 4 members (excludes halogenated alkanes) is 2. The largest absolute Gasteiger partial charge is 0.507 e. The molecule has 3 nitrogen and oxygen atoms in total. The van der Waals surface area contributed by atoms with E-state index in [2.05, 4.69) is 12.2 Å². The van der Waals surface area contributed by atoms with E-state index in [4.69, 9.17) is 0 Å². The van der Waals surface area contributed by atoms with Crippen LogP contribution in [0.3, 0.4) is 0 Å². The van der Waals surface area contributed by atoms with Crippen molar-refractivity contribution in [1.29, 1.82) is 0 Å². The molecule has 1 unspecified atom stereocenters. The second kappa shape index (κ2) is 6.80. The fourth-order valence-corrected chi connectivity index (χ4v) is 2.86. The molecule has 1 aliphatic heterocycles. The number of nitrogens with one attached hydrogen (secondary N) is 1. The summed E-state index contributed by atoms with van der Waals surface area (Å²) in [7, 11) is 0. The molecule has 1 aromatic carbocycles. The lowest BCUT2D eigenvalue weighted by atomic mass is 9.94. The third-order valence-electron chi connectivity index (χ3n) is 3.92. The summed E-state index contributed by atoms with van der Waals surface area (Å²) in [5.41, 5.74) is 1.71. The SMILES string of the molecule is CCCCCc1cc(O)c(C2CCCCN2)c(O)c1. The van der Waals surface area contributed by atoms with Crippen molar-refractivity contribution in [2.75, 3.05) is 6.54 Å². The maximum atomic E-state index is 10.2. The Morgan fingerprint density at radius 1 is 1.16 bits per heavy atom. The first kappa shape index (κ1) is 14.2. The van der Waals surface area contributed by atoms with Crippen LogP contribution in [0.1, 0.15) is 62.6 Å². The number of hydrogen-bond donors (Lipinski definition) is 3. The number of rotatable bonds is 5. The maximum absolute atomic E-state index is 10.2. The molecule has 1 atom stereocenters. The molecule has 0 spiro atoms. The van der Waals surface area contributed by atoms with Crippen molar-refractivity contribution < 1.29 is 10.2 Å². The summed E-state index contributed by atoms with van der Waals surface area (Å²) in [5.74, 6) is 0.483. The number of benzene rings is 1. The third-order valence-corrected chi connectivity index (χ3v) is 3.92. The van der Waals surface area contributed by atoms with Gasteiger partial charge in [-0.15, -0.1) is 0 Å². The first-order chi connectivity index (χ1) is 9.22. The minimum Gasteiger partial charge on any atom is -0.507 e. The van der Waals surface area contributed by atoms with Crippen LogP contribution in [0.4, 0.5) is 0 Å². The molecule has 0 saturated carbocycles. The number of phenols is 2. The van der Waals surface area contributed by atoms with Crippen molar-refractivity contribution in [3.05, 3.63) is 23.3 Å². The normalized spacial score (nSPS) is 19.5. The average Bonchev–Trinajstić information content (AvgIpc) is 2.39. The number of phenolic OH excluding ortho intramolecular Hbond substituents is 2. The van der Waals surface area contributed by atoms with Gasteiger partial charge in [0.05, 0.1) is 5.56 Å². The summed E-state index contributed by atoms with van der Waals surface area (Å²) < 4.78 is 0. The van der Waals surface area contributed by atoms with Gasteiger partial charge in [-0.05, 0) is 49.9 Å². The molecule has 0 amide bonds. The minimum absolute atomic E-state index is 0.0958. The maximum Gasteiger partial charge on any atom is 0.124 e. The summed E-state index contributed by atoms with van der Waals surface area (Å²) in [6.45, 7) is 3.13. The zero-order valence-corrected chi connectivity index (χ0v) is 11.8. The summed E-state index contributed by atoms with van der Waals surface area (Å²) in [6.07, 6.45) is 7.71. The Morgan fingerprint density at radius 3 is 2.47 bits per heavy atom. The van der Waals surface area contributed by atoms with Crippen LogP contribution in [0, 0.1) is 0 Å². The van der Waals surface area contributed by atoms with Gasteiger partial charge >= 0.3 is 0 Å². The van der Waals surface area contributed by atoms with Crippen LogP contribution in [0.15, 0.2) is 12.1 Å². The molecule has 2 rings (SSSR count). The lowest BCUT2D eigenvalue weighted by Gasteiger charge is -2.25. The van der Waals surface area contributed by atoms with E-state index in [9.17, 15) is 10.2 Å². The molecule has 1 fully saturated rings. The first-order valence-corrected chi connectivity index (χ1v) is 7.50. The Morgan fingerprint density at radius 2 is 1.89 bits per heavy atom. The van der Waals surface area contributed by atoms with Gasteiger partial charge in [-0.1, -0.05) is 26.2 Å². The highest BCUT2D eigenvalue weighted by atomic mass is 16.3. The van der Waals surface area contributed by atoms with Gasteiger partial charge in [0.25, 0.3) is 0 Å². The van der Waals surface area contributed by atoms with E-state index in [0.717, 1.165) is 37.8 Å². The minimum atomic E-state index is 0.0958. The Bertz CT molecular complexity index is 388. The highest BCUT2D eigenvalue weighted by Gasteiger charge is 2.21. The van der Waals surface area contributed by atoms with Crippen LogP contribution in [0.25, 0.3) is 0 Å². The zero-order chi connectivity index (χ0) is 13.7. The van der Waals surface area contributed by atoms with Crippen LogP contribution in [0.5, 0.6) is 11.5 Å². The van der Waals surface area contributed by atoms with Crippen molar-refractivity contribution in [3.8, 4) is 11.5 Å². The second-order valence-corrected chi connectivity index (χ2v) is 5.51. The molecule has 3 N–H and O–H groups in total. The molecule has 0 bridgehead atoms. The van der Waals surface area contributed by atoms with Crippen molar-refractivity contribution >= 4 is 0 Å². The zero-order valence-electron chi connectivity index (χ0n) is 11.8. The predicted molar refractivity (Wildman–Crippen MR) is 77.6 cm³/mol. The fraction of sp³-hybridized carbons (Fsp3) is 0.625. The molecule has 0 radical (unpaired) electrons. The molecule has 19 heavy (non-hydrogen) atoms. The molecule has 0 aliphatic carbocycles. The van der Waals surface area contributed by atoms with Gasteiger partial charge in [-0.3, -0.25) is 0 Å². The van der Waals surface area contributed by atoms with E-state index in [0.29, 0.717) is 5.56 Å². The summed E-state index contributed by atoms with van der Waals surface area (Å²) in [4.78, 5) is 0. The molecule has 1 heterocycles. The van der Waals surface area contributed by atoms with Gasteiger partial charge in [-0.25, -0.2) is 0 Å². The van der Waals surface area contributed by atoms with Crippen LogP contribution in [-0.2, 0) is 6.42 Å². The third kappa shape index (κ3) is 3.63. The molecular weight excluding hydrogens is 238 g/mol. The lowest BCUT2D eigenvalue weighted by molar-refractivity contribution is 0.370. The van der Waals surface area contributed by atoms with Crippen LogP contribution >= 0.6 is 0 Å². The predicted octanol–water partition coefficient (Wildman–Crippen LogP) is 3.65. The van der Waals surface area contributed by atoms with Crippen molar-refractivity contribution in [3.63, 3.8) is 0 Å². The van der Waals surface area contributed by atoms with E-state index in [1.54, 1.807) is 0 Å². The van der Waals surface area contributed by atoms with Gasteiger partial charge < -0.3 is 15.5 Å². The molecule has 106 valence electrons. The van der Waals surface area contributed by atoms with Gasteiger partial charge in [0.2, 0.25) is 0 Å². The molecular formula is C16H25NO2. The highest BCUT2D eigenvalue weighted by Crippen LogP contribution is 2.37. The Balaban J connectivity index is 2.12. The van der Waals surface area contributed by atoms with Gasteiger partial charge in [-0.2, -0.15) is 0 Å². The lowest BCUT2D eigenvalue weighted by Crippen LogP contribution is -2.26. The van der Waals surface area contributed by atoms with Crippen LogP contribution < -0.4 is 5.32 Å².